The average Bonchev–Trinajstić information content (AvgIpc) is 2.68. The summed E-state index contributed by atoms with van der Waals surface area (Å²) in [4.78, 5) is 26.8. The van der Waals surface area contributed by atoms with Gasteiger partial charge in [-0.2, -0.15) is 0 Å². The maximum atomic E-state index is 12.4. The van der Waals surface area contributed by atoms with Crippen LogP contribution in [0, 0.1) is 0 Å². The average molecular weight is 336 g/mol. The number of amides is 2. The summed E-state index contributed by atoms with van der Waals surface area (Å²) < 4.78 is 0. The van der Waals surface area contributed by atoms with E-state index in [0.29, 0.717) is 17.1 Å². The smallest absolute Gasteiger partial charge is 0.280 e. The Morgan fingerprint density at radius 1 is 1.04 bits per heavy atom. The maximum absolute atomic E-state index is 12.4. The first kappa shape index (κ1) is 16.5. The van der Waals surface area contributed by atoms with Crippen molar-refractivity contribution in [2.24, 2.45) is 5.73 Å². The van der Waals surface area contributed by atoms with Crippen molar-refractivity contribution in [1.29, 1.82) is 0 Å². The normalized spacial score (nSPS) is 19.0. The lowest BCUT2D eigenvalue weighted by atomic mass is 9.95. The summed E-state index contributed by atoms with van der Waals surface area (Å²) in [5, 5.41) is 3.64. The van der Waals surface area contributed by atoms with Crippen LogP contribution < -0.4 is 16.0 Å². The van der Waals surface area contributed by atoms with Crippen LogP contribution in [0.4, 0.5) is 5.00 Å². The van der Waals surface area contributed by atoms with E-state index in [9.17, 15) is 9.59 Å². The van der Waals surface area contributed by atoms with Crippen molar-refractivity contribution >= 4 is 28.2 Å². The summed E-state index contributed by atoms with van der Waals surface area (Å²) in [6, 6.07) is 0. The molecule has 3 rings (SSSR count). The molecule has 2 aliphatic rings. The number of quaternary nitrogens is 1. The number of primary amides is 1. The predicted octanol–water partition coefficient (Wildman–Crippen LogP) is 1.12. The highest BCUT2D eigenvalue weighted by atomic mass is 32.1. The van der Waals surface area contributed by atoms with Crippen molar-refractivity contribution in [2.45, 2.75) is 51.4 Å². The zero-order valence-corrected chi connectivity index (χ0v) is 14.4. The molecule has 6 heteroatoms. The third kappa shape index (κ3) is 3.93. The standard InChI is InChI=1S/C17H25N3O2S/c18-16(22)15-12-7-3-4-8-13(12)23-17(15)19-14(21)11-20-9-5-1-2-6-10-20/h1-11H2,(H2,18,22)(H,19,21)/p+1. The van der Waals surface area contributed by atoms with Gasteiger partial charge in [0.1, 0.15) is 5.00 Å². The fourth-order valence-corrected chi connectivity index (χ4v) is 5.03. The van der Waals surface area contributed by atoms with Crippen molar-refractivity contribution in [3.05, 3.63) is 16.0 Å². The van der Waals surface area contributed by atoms with Crippen LogP contribution in [0.3, 0.4) is 0 Å². The fraction of sp³-hybridized carbons (Fsp3) is 0.647. The highest BCUT2D eigenvalue weighted by Crippen LogP contribution is 2.37. The molecule has 0 aromatic carbocycles. The quantitative estimate of drug-likeness (QED) is 0.771. The van der Waals surface area contributed by atoms with Gasteiger partial charge in [0, 0.05) is 4.88 Å². The first-order valence-electron chi connectivity index (χ1n) is 8.73. The van der Waals surface area contributed by atoms with E-state index in [1.54, 1.807) is 11.3 Å². The third-order valence-corrected chi connectivity index (χ3v) is 6.10. The molecule has 0 spiro atoms. The Morgan fingerprint density at radius 3 is 2.43 bits per heavy atom. The number of rotatable bonds is 4. The molecule has 5 nitrogen and oxygen atoms in total. The van der Waals surface area contributed by atoms with E-state index in [4.69, 9.17) is 5.73 Å². The van der Waals surface area contributed by atoms with Crippen LogP contribution in [-0.2, 0) is 17.6 Å². The monoisotopic (exact) mass is 336 g/mol. The minimum atomic E-state index is -0.415. The molecule has 0 unspecified atom stereocenters. The van der Waals surface area contributed by atoms with E-state index in [2.05, 4.69) is 5.32 Å². The molecule has 2 heterocycles. The maximum Gasteiger partial charge on any atom is 0.280 e. The lowest BCUT2D eigenvalue weighted by molar-refractivity contribution is -0.890. The van der Waals surface area contributed by atoms with Crippen molar-refractivity contribution in [2.75, 3.05) is 25.0 Å². The summed E-state index contributed by atoms with van der Waals surface area (Å²) in [6.45, 7) is 2.62. The number of thiophene rings is 1. The summed E-state index contributed by atoms with van der Waals surface area (Å²) in [5.41, 5.74) is 7.21. The first-order chi connectivity index (χ1) is 11.1. The van der Waals surface area contributed by atoms with Crippen LogP contribution in [0.2, 0.25) is 0 Å². The van der Waals surface area contributed by atoms with Gasteiger partial charge in [-0.1, -0.05) is 0 Å². The van der Waals surface area contributed by atoms with Crippen LogP contribution >= 0.6 is 11.3 Å². The number of anilines is 1. The number of aryl methyl sites for hydroxylation is 1. The Hall–Kier alpha value is -1.40. The molecular weight excluding hydrogens is 310 g/mol. The van der Waals surface area contributed by atoms with Crippen LogP contribution in [0.1, 0.15) is 59.3 Å². The van der Waals surface area contributed by atoms with Crippen molar-refractivity contribution in [3.8, 4) is 0 Å². The lowest BCUT2D eigenvalue weighted by Gasteiger charge is -2.16. The molecule has 1 aliphatic carbocycles. The molecule has 1 aromatic heterocycles. The summed E-state index contributed by atoms with van der Waals surface area (Å²) in [7, 11) is 0. The molecule has 0 radical (unpaired) electrons. The Labute approximate surface area is 141 Å². The van der Waals surface area contributed by atoms with Crippen molar-refractivity contribution < 1.29 is 14.5 Å². The molecule has 1 aromatic rings. The predicted molar refractivity (Wildman–Crippen MR) is 92.1 cm³/mol. The Bertz CT molecular complexity index is 589. The summed E-state index contributed by atoms with van der Waals surface area (Å²) >= 11 is 1.54. The van der Waals surface area contributed by atoms with E-state index >= 15 is 0 Å². The van der Waals surface area contributed by atoms with E-state index in [1.807, 2.05) is 0 Å². The van der Waals surface area contributed by atoms with Crippen LogP contribution in [0.5, 0.6) is 0 Å². The Balaban J connectivity index is 1.70. The van der Waals surface area contributed by atoms with Gasteiger partial charge in [0.05, 0.1) is 18.7 Å². The molecule has 1 aliphatic heterocycles. The van der Waals surface area contributed by atoms with Gasteiger partial charge in [0.15, 0.2) is 6.54 Å². The third-order valence-electron chi connectivity index (χ3n) is 4.89. The molecule has 4 N–H and O–H groups in total. The summed E-state index contributed by atoms with van der Waals surface area (Å²) in [6.07, 6.45) is 9.07. The molecule has 1 fully saturated rings. The first-order valence-corrected chi connectivity index (χ1v) is 9.54. The fourth-order valence-electron chi connectivity index (χ4n) is 3.72. The van der Waals surface area contributed by atoms with E-state index in [-0.39, 0.29) is 5.91 Å². The molecule has 2 amide bonds. The van der Waals surface area contributed by atoms with Gasteiger partial charge in [-0.3, -0.25) is 9.59 Å². The van der Waals surface area contributed by atoms with Gasteiger partial charge in [-0.05, 0) is 56.9 Å². The number of fused-ring (bicyclic) bond motifs is 1. The Kier molecular flexibility index (Phi) is 5.33. The minimum Gasteiger partial charge on any atom is -0.365 e. The molecule has 0 saturated carbocycles. The zero-order chi connectivity index (χ0) is 16.2. The Morgan fingerprint density at radius 2 is 1.74 bits per heavy atom. The van der Waals surface area contributed by atoms with Crippen LogP contribution in [-0.4, -0.2) is 31.4 Å². The van der Waals surface area contributed by atoms with Gasteiger partial charge >= 0.3 is 0 Å². The topological polar surface area (TPSA) is 76.6 Å². The zero-order valence-electron chi connectivity index (χ0n) is 13.6. The molecule has 126 valence electrons. The minimum absolute atomic E-state index is 0.00277. The van der Waals surface area contributed by atoms with Gasteiger partial charge in [0.2, 0.25) is 0 Å². The largest absolute Gasteiger partial charge is 0.365 e. The van der Waals surface area contributed by atoms with Gasteiger partial charge < -0.3 is 16.0 Å². The van der Waals surface area contributed by atoms with Gasteiger partial charge in [-0.25, -0.2) is 0 Å². The van der Waals surface area contributed by atoms with Crippen LogP contribution in [0.15, 0.2) is 0 Å². The second-order valence-electron chi connectivity index (χ2n) is 6.67. The molecular formula is C17H26N3O2S+. The van der Waals surface area contributed by atoms with Crippen LogP contribution in [0.25, 0.3) is 0 Å². The number of likely N-dealkylation sites (tertiary alicyclic amines) is 1. The SMILES string of the molecule is NC(=O)c1c(NC(=O)C[NH+]2CCCCCC2)sc2c1CCCC2. The van der Waals surface area contributed by atoms with Crippen molar-refractivity contribution in [3.63, 3.8) is 0 Å². The highest BCUT2D eigenvalue weighted by Gasteiger charge is 2.26. The number of hydrogen-bond donors (Lipinski definition) is 3. The molecule has 1 saturated heterocycles. The number of nitrogens with one attached hydrogen (secondary N) is 2. The number of carbonyl (C=O) groups excluding carboxylic acids is 2. The second-order valence-corrected chi connectivity index (χ2v) is 7.77. The number of hydrogen-bond acceptors (Lipinski definition) is 3. The van der Waals surface area contributed by atoms with Gasteiger partial charge in [-0.15, -0.1) is 11.3 Å². The highest BCUT2D eigenvalue weighted by molar-refractivity contribution is 7.17. The molecule has 0 atom stereocenters. The lowest BCUT2D eigenvalue weighted by Crippen LogP contribution is -3.12. The number of nitrogens with two attached hydrogens (primary N) is 1. The van der Waals surface area contributed by atoms with Gasteiger partial charge in [0.25, 0.3) is 11.8 Å². The second kappa shape index (κ2) is 7.45. The molecule has 23 heavy (non-hydrogen) atoms. The summed E-state index contributed by atoms with van der Waals surface area (Å²) in [5.74, 6) is -0.412. The van der Waals surface area contributed by atoms with E-state index < -0.39 is 5.91 Å². The number of carbonyl (C=O) groups is 2. The van der Waals surface area contributed by atoms with E-state index in [1.165, 1.54) is 35.5 Å². The van der Waals surface area contributed by atoms with Crippen molar-refractivity contribution in [1.82, 2.24) is 0 Å². The van der Waals surface area contributed by atoms with E-state index in [0.717, 1.165) is 44.3 Å². The molecule has 0 bridgehead atoms.